The molecule has 128 valence electrons. The number of esters is 1. The van der Waals surface area contributed by atoms with Crippen molar-refractivity contribution in [3.05, 3.63) is 40.5 Å². The van der Waals surface area contributed by atoms with Gasteiger partial charge in [0.2, 0.25) is 5.91 Å². The summed E-state index contributed by atoms with van der Waals surface area (Å²) in [5.41, 5.74) is 1.69. The van der Waals surface area contributed by atoms with E-state index in [2.05, 4.69) is 5.32 Å². The van der Waals surface area contributed by atoms with Gasteiger partial charge in [-0.1, -0.05) is 25.5 Å². The van der Waals surface area contributed by atoms with E-state index in [1.807, 2.05) is 13.8 Å². The fourth-order valence-corrected chi connectivity index (χ4v) is 3.50. The number of ether oxygens (including phenoxy) is 1. The van der Waals surface area contributed by atoms with Crippen LogP contribution in [-0.4, -0.2) is 19.0 Å². The topological polar surface area (TPSA) is 55.4 Å². The number of carbonyl (C=O) groups excluding carboxylic acids is 2. The Balaban J connectivity index is 2.45. The van der Waals surface area contributed by atoms with Crippen molar-refractivity contribution in [3.63, 3.8) is 0 Å². The Kier molecular flexibility index (Phi) is 6.09. The summed E-state index contributed by atoms with van der Waals surface area (Å²) in [6.45, 7) is 3.87. The second kappa shape index (κ2) is 8.06. The monoisotopic (exact) mass is 349 g/mol. The van der Waals surface area contributed by atoms with E-state index in [1.54, 1.807) is 12.1 Å². The Labute approximate surface area is 144 Å². The summed E-state index contributed by atoms with van der Waals surface area (Å²) in [5.74, 6) is -1.00. The molecule has 0 spiro atoms. The zero-order chi connectivity index (χ0) is 17.7. The van der Waals surface area contributed by atoms with Crippen molar-refractivity contribution in [2.75, 3.05) is 12.4 Å². The summed E-state index contributed by atoms with van der Waals surface area (Å²) in [4.78, 5) is 25.1. The Morgan fingerprint density at radius 3 is 2.50 bits per heavy atom. The number of aryl methyl sites for hydroxylation is 1. The minimum atomic E-state index is -0.524. The van der Waals surface area contributed by atoms with Gasteiger partial charge in [0.05, 0.1) is 7.11 Å². The number of nitrogens with one attached hydrogen (secondary N) is 1. The van der Waals surface area contributed by atoms with E-state index in [0.717, 1.165) is 17.7 Å². The maximum absolute atomic E-state index is 13.2. The zero-order valence-electron chi connectivity index (χ0n) is 13.9. The number of halogens is 1. The molecule has 0 saturated heterocycles. The number of amides is 1. The van der Waals surface area contributed by atoms with Gasteiger partial charge in [0, 0.05) is 16.9 Å². The third-order valence-electron chi connectivity index (χ3n) is 3.62. The molecular weight excluding hydrogens is 329 g/mol. The van der Waals surface area contributed by atoms with Gasteiger partial charge in [0.1, 0.15) is 16.4 Å². The summed E-state index contributed by atoms with van der Waals surface area (Å²) in [6.07, 6.45) is 2.11. The highest BCUT2D eigenvalue weighted by atomic mass is 32.1. The lowest BCUT2D eigenvalue weighted by Crippen LogP contribution is -2.13. The van der Waals surface area contributed by atoms with Gasteiger partial charge in [-0.2, -0.15) is 0 Å². The van der Waals surface area contributed by atoms with Gasteiger partial charge in [-0.15, -0.1) is 11.3 Å². The van der Waals surface area contributed by atoms with Crippen LogP contribution >= 0.6 is 11.3 Å². The number of carbonyl (C=O) groups is 2. The molecule has 0 bridgehead atoms. The molecule has 6 heteroatoms. The van der Waals surface area contributed by atoms with Crippen molar-refractivity contribution >= 4 is 28.2 Å². The van der Waals surface area contributed by atoms with Crippen molar-refractivity contribution < 1.29 is 18.7 Å². The van der Waals surface area contributed by atoms with Crippen LogP contribution in [0.1, 0.15) is 41.4 Å². The first-order chi connectivity index (χ1) is 11.5. The van der Waals surface area contributed by atoms with E-state index in [1.165, 1.54) is 30.6 Å². The molecule has 1 heterocycles. The van der Waals surface area contributed by atoms with Gasteiger partial charge >= 0.3 is 5.97 Å². The van der Waals surface area contributed by atoms with Crippen LogP contribution in [0, 0.1) is 12.7 Å². The SMILES string of the molecule is CCCCC(=O)Nc1sc(C)c(-c2ccc(F)cc2)c1C(=O)OC. The van der Waals surface area contributed by atoms with E-state index < -0.39 is 5.97 Å². The van der Waals surface area contributed by atoms with Gasteiger partial charge in [0.25, 0.3) is 0 Å². The normalized spacial score (nSPS) is 10.5. The van der Waals surface area contributed by atoms with E-state index in [9.17, 15) is 14.0 Å². The standard InChI is InChI=1S/C18H20FNO3S/c1-4-5-6-14(21)20-17-16(18(22)23-3)15(11(2)24-17)12-7-9-13(19)10-8-12/h7-10H,4-6H2,1-3H3,(H,20,21). The smallest absolute Gasteiger partial charge is 0.341 e. The van der Waals surface area contributed by atoms with E-state index in [4.69, 9.17) is 4.74 Å². The molecule has 2 rings (SSSR count). The number of unbranched alkanes of at least 4 members (excludes halogenated alkanes) is 1. The lowest BCUT2D eigenvalue weighted by atomic mass is 10.0. The molecule has 0 aliphatic carbocycles. The quantitative estimate of drug-likeness (QED) is 0.764. The number of anilines is 1. The van der Waals surface area contributed by atoms with Crippen LogP contribution in [0.3, 0.4) is 0 Å². The maximum atomic E-state index is 13.2. The van der Waals surface area contributed by atoms with Crippen molar-refractivity contribution in [3.8, 4) is 11.1 Å². The third kappa shape index (κ3) is 4.00. The molecule has 1 aromatic carbocycles. The van der Waals surface area contributed by atoms with Crippen LogP contribution in [0.4, 0.5) is 9.39 Å². The molecule has 1 N–H and O–H groups in total. The van der Waals surface area contributed by atoms with Crippen molar-refractivity contribution in [1.82, 2.24) is 0 Å². The largest absolute Gasteiger partial charge is 0.465 e. The van der Waals surface area contributed by atoms with E-state index in [-0.39, 0.29) is 11.7 Å². The van der Waals surface area contributed by atoms with Crippen LogP contribution in [0.15, 0.2) is 24.3 Å². The molecule has 4 nitrogen and oxygen atoms in total. The number of rotatable bonds is 6. The van der Waals surface area contributed by atoms with Crippen LogP contribution < -0.4 is 5.32 Å². The zero-order valence-corrected chi connectivity index (χ0v) is 14.8. The molecule has 24 heavy (non-hydrogen) atoms. The fourth-order valence-electron chi connectivity index (χ4n) is 2.42. The van der Waals surface area contributed by atoms with Gasteiger partial charge in [-0.3, -0.25) is 4.79 Å². The highest BCUT2D eigenvalue weighted by Crippen LogP contribution is 2.40. The number of hydrogen-bond acceptors (Lipinski definition) is 4. The molecule has 2 aromatic rings. The molecule has 0 saturated carbocycles. The van der Waals surface area contributed by atoms with E-state index in [0.29, 0.717) is 28.1 Å². The predicted molar refractivity (Wildman–Crippen MR) is 93.9 cm³/mol. The summed E-state index contributed by atoms with van der Waals surface area (Å²) in [6, 6.07) is 5.90. The predicted octanol–water partition coefficient (Wildman–Crippen LogP) is 4.78. The summed E-state index contributed by atoms with van der Waals surface area (Å²) in [5, 5.41) is 3.28. The number of hydrogen-bond donors (Lipinski definition) is 1. The molecule has 0 fully saturated rings. The minimum Gasteiger partial charge on any atom is -0.465 e. The highest BCUT2D eigenvalue weighted by molar-refractivity contribution is 7.17. The average Bonchev–Trinajstić information content (AvgIpc) is 2.89. The van der Waals surface area contributed by atoms with Gasteiger partial charge in [0.15, 0.2) is 0 Å². The van der Waals surface area contributed by atoms with Crippen molar-refractivity contribution in [2.45, 2.75) is 33.1 Å². The Bertz CT molecular complexity index is 737. The Hall–Kier alpha value is -2.21. The third-order valence-corrected chi connectivity index (χ3v) is 4.64. The maximum Gasteiger partial charge on any atom is 0.341 e. The number of thiophene rings is 1. The van der Waals surface area contributed by atoms with Crippen LogP contribution in [0.25, 0.3) is 11.1 Å². The lowest BCUT2D eigenvalue weighted by molar-refractivity contribution is -0.116. The lowest BCUT2D eigenvalue weighted by Gasteiger charge is -2.08. The average molecular weight is 349 g/mol. The second-order valence-electron chi connectivity index (χ2n) is 5.39. The first kappa shape index (κ1) is 18.1. The molecule has 0 unspecified atom stereocenters. The van der Waals surface area contributed by atoms with Gasteiger partial charge in [-0.25, -0.2) is 9.18 Å². The van der Waals surface area contributed by atoms with Crippen LogP contribution in [0.2, 0.25) is 0 Å². The molecule has 1 aromatic heterocycles. The summed E-state index contributed by atoms with van der Waals surface area (Å²) in [7, 11) is 1.30. The molecule has 0 atom stereocenters. The highest BCUT2D eigenvalue weighted by Gasteiger charge is 2.25. The first-order valence-electron chi connectivity index (χ1n) is 7.75. The molecule has 0 radical (unpaired) electrons. The molecule has 0 aliphatic rings. The Morgan fingerprint density at radius 2 is 1.92 bits per heavy atom. The van der Waals surface area contributed by atoms with E-state index >= 15 is 0 Å². The number of benzene rings is 1. The summed E-state index contributed by atoms with van der Waals surface area (Å²) >= 11 is 1.32. The molecule has 0 aliphatic heterocycles. The van der Waals surface area contributed by atoms with Crippen LogP contribution in [-0.2, 0) is 9.53 Å². The summed E-state index contributed by atoms with van der Waals surface area (Å²) < 4.78 is 18.1. The first-order valence-corrected chi connectivity index (χ1v) is 8.57. The van der Waals surface area contributed by atoms with Crippen molar-refractivity contribution in [2.24, 2.45) is 0 Å². The van der Waals surface area contributed by atoms with Crippen molar-refractivity contribution in [1.29, 1.82) is 0 Å². The minimum absolute atomic E-state index is 0.131. The van der Waals surface area contributed by atoms with Gasteiger partial charge in [-0.05, 0) is 31.0 Å². The number of methoxy groups -OCH3 is 1. The second-order valence-corrected chi connectivity index (χ2v) is 6.61. The fraction of sp³-hybridized carbons (Fsp3) is 0.333. The molecule has 1 amide bonds. The molecular formula is C18H20FNO3S. The Morgan fingerprint density at radius 1 is 1.25 bits per heavy atom. The van der Waals surface area contributed by atoms with Gasteiger partial charge < -0.3 is 10.1 Å². The van der Waals surface area contributed by atoms with Crippen LogP contribution in [0.5, 0.6) is 0 Å².